The molecule has 1 saturated heterocycles. The molecule has 104 valence electrons. The van der Waals surface area contributed by atoms with E-state index in [4.69, 9.17) is 4.74 Å². The number of methoxy groups -OCH3 is 1. The zero-order valence-electron chi connectivity index (χ0n) is 11.4. The van der Waals surface area contributed by atoms with Crippen LogP contribution in [0.4, 0.5) is 0 Å². The van der Waals surface area contributed by atoms with Gasteiger partial charge in [-0.2, -0.15) is 0 Å². The Morgan fingerprint density at radius 3 is 2.10 bits per heavy atom. The first-order valence-electron chi connectivity index (χ1n) is 6.84. The summed E-state index contributed by atoms with van der Waals surface area (Å²) in [6.07, 6.45) is 5.38. The number of fused-ring (bicyclic) bond motifs is 1. The molecule has 1 heterocycles. The van der Waals surface area contributed by atoms with Crippen LogP contribution in [0, 0.1) is 11.8 Å². The van der Waals surface area contributed by atoms with Crippen molar-refractivity contribution in [3.63, 3.8) is 0 Å². The van der Waals surface area contributed by atoms with Gasteiger partial charge in [-0.05, 0) is 30.5 Å². The van der Waals surface area contributed by atoms with Crippen LogP contribution in [0.3, 0.4) is 0 Å². The van der Waals surface area contributed by atoms with Gasteiger partial charge < -0.3 is 4.74 Å². The fourth-order valence-electron chi connectivity index (χ4n) is 2.94. The van der Waals surface area contributed by atoms with Crippen LogP contribution in [0.25, 0.3) is 0 Å². The number of benzene rings is 1. The van der Waals surface area contributed by atoms with Crippen molar-refractivity contribution in [2.45, 2.75) is 19.4 Å². The molecule has 1 aromatic carbocycles. The summed E-state index contributed by atoms with van der Waals surface area (Å²) in [4.78, 5) is 26.1. The summed E-state index contributed by atoms with van der Waals surface area (Å²) < 4.78 is 5.10. The first-order chi connectivity index (χ1) is 9.70. The van der Waals surface area contributed by atoms with Gasteiger partial charge in [-0.15, -0.1) is 0 Å². The Morgan fingerprint density at radius 1 is 1.05 bits per heavy atom. The number of amides is 2. The Morgan fingerprint density at radius 2 is 1.60 bits per heavy atom. The van der Waals surface area contributed by atoms with Gasteiger partial charge in [0.25, 0.3) is 0 Å². The highest BCUT2D eigenvalue weighted by Gasteiger charge is 2.46. The minimum atomic E-state index is -0.147. The molecule has 1 fully saturated rings. The molecule has 2 amide bonds. The highest BCUT2D eigenvalue weighted by Crippen LogP contribution is 2.35. The van der Waals surface area contributed by atoms with E-state index in [-0.39, 0.29) is 23.7 Å². The van der Waals surface area contributed by atoms with Crippen molar-refractivity contribution in [2.75, 3.05) is 7.11 Å². The molecule has 0 saturated carbocycles. The highest BCUT2D eigenvalue weighted by atomic mass is 16.5. The number of hydrogen-bond acceptors (Lipinski definition) is 3. The monoisotopic (exact) mass is 271 g/mol. The van der Waals surface area contributed by atoms with Crippen LogP contribution in [0.2, 0.25) is 0 Å². The van der Waals surface area contributed by atoms with Crippen LogP contribution in [0.1, 0.15) is 18.4 Å². The Hall–Kier alpha value is -2.10. The smallest absolute Gasteiger partial charge is 0.233 e. The average Bonchev–Trinajstić information content (AvgIpc) is 2.74. The molecule has 4 heteroatoms. The number of carbonyl (C=O) groups is 2. The van der Waals surface area contributed by atoms with Crippen LogP contribution < -0.4 is 4.74 Å². The number of ether oxygens (including phenoxy) is 1. The summed E-state index contributed by atoms with van der Waals surface area (Å²) in [6, 6.07) is 7.46. The molecule has 1 aromatic rings. The zero-order chi connectivity index (χ0) is 14.1. The van der Waals surface area contributed by atoms with Crippen molar-refractivity contribution in [3.05, 3.63) is 42.0 Å². The van der Waals surface area contributed by atoms with Crippen molar-refractivity contribution in [2.24, 2.45) is 11.8 Å². The summed E-state index contributed by atoms with van der Waals surface area (Å²) in [7, 11) is 1.61. The van der Waals surface area contributed by atoms with E-state index >= 15 is 0 Å². The number of carbonyl (C=O) groups excluding carboxylic acids is 2. The first-order valence-corrected chi connectivity index (χ1v) is 6.84. The molecule has 0 N–H and O–H groups in total. The lowest BCUT2D eigenvalue weighted by Gasteiger charge is -2.15. The number of hydrogen-bond donors (Lipinski definition) is 0. The Bertz CT molecular complexity index is 536. The van der Waals surface area contributed by atoms with Gasteiger partial charge in [0.2, 0.25) is 11.8 Å². The lowest BCUT2D eigenvalue weighted by molar-refractivity contribution is -0.140. The molecule has 0 spiro atoms. The van der Waals surface area contributed by atoms with Gasteiger partial charge in [-0.3, -0.25) is 14.5 Å². The Kier molecular flexibility index (Phi) is 3.30. The maximum absolute atomic E-state index is 12.3. The standard InChI is InChI=1S/C16H17NO3/c1-20-12-8-6-11(7-9-12)10-17-15(18)13-4-2-3-5-14(13)16(17)19/h2-3,6-9,13-14H,4-5,10H2,1H3. The largest absolute Gasteiger partial charge is 0.497 e. The van der Waals surface area contributed by atoms with E-state index in [9.17, 15) is 9.59 Å². The molecule has 0 radical (unpaired) electrons. The third-order valence-corrected chi connectivity index (χ3v) is 4.10. The average molecular weight is 271 g/mol. The number of nitrogens with zero attached hydrogens (tertiary/aromatic N) is 1. The van der Waals surface area contributed by atoms with Gasteiger partial charge in [-0.25, -0.2) is 0 Å². The second kappa shape index (κ2) is 5.12. The van der Waals surface area contributed by atoms with Crippen LogP contribution in [-0.2, 0) is 16.1 Å². The van der Waals surface area contributed by atoms with Crippen molar-refractivity contribution >= 4 is 11.8 Å². The molecule has 1 aliphatic carbocycles. The molecular formula is C16H17NO3. The normalized spacial score (nSPS) is 24.9. The molecule has 0 aromatic heterocycles. The third kappa shape index (κ3) is 2.11. The zero-order valence-corrected chi connectivity index (χ0v) is 11.4. The minimum Gasteiger partial charge on any atom is -0.497 e. The summed E-state index contributed by atoms with van der Waals surface area (Å²) in [5.74, 6) is 0.419. The topological polar surface area (TPSA) is 46.6 Å². The summed E-state index contributed by atoms with van der Waals surface area (Å²) in [5, 5.41) is 0. The van der Waals surface area contributed by atoms with E-state index in [2.05, 4.69) is 0 Å². The maximum Gasteiger partial charge on any atom is 0.233 e. The fourth-order valence-corrected chi connectivity index (χ4v) is 2.94. The lowest BCUT2D eigenvalue weighted by Crippen LogP contribution is -2.30. The predicted octanol–water partition coefficient (Wildman–Crippen LogP) is 2.15. The van der Waals surface area contributed by atoms with E-state index in [0.29, 0.717) is 19.4 Å². The number of likely N-dealkylation sites (tertiary alicyclic amines) is 1. The van der Waals surface area contributed by atoms with E-state index in [1.807, 2.05) is 36.4 Å². The Labute approximate surface area is 118 Å². The second-order valence-corrected chi connectivity index (χ2v) is 5.27. The van der Waals surface area contributed by atoms with Gasteiger partial charge >= 0.3 is 0 Å². The van der Waals surface area contributed by atoms with Gasteiger partial charge in [-0.1, -0.05) is 24.3 Å². The van der Waals surface area contributed by atoms with Crippen molar-refractivity contribution in [3.8, 4) is 5.75 Å². The Balaban J connectivity index is 1.77. The number of allylic oxidation sites excluding steroid dienone is 2. The summed E-state index contributed by atoms with van der Waals surface area (Å²) in [6.45, 7) is 0.356. The highest BCUT2D eigenvalue weighted by molar-refractivity contribution is 6.05. The fraction of sp³-hybridized carbons (Fsp3) is 0.375. The van der Waals surface area contributed by atoms with Crippen molar-refractivity contribution in [1.82, 2.24) is 4.90 Å². The molecule has 2 atom stereocenters. The predicted molar refractivity (Wildman–Crippen MR) is 73.9 cm³/mol. The van der Waals surface area contributed by atoms with E-state index in [1.165, 1.54) is 4.90 Å². The van der Waals surface area contributed by atoms with Gasteiger partial charge in [0, 0.05) is 0 Å². The van der Waals surface area contributed by atoms with Crippen LogP contribution in [-0.4, -0.2) is 23.8 Å². The van der Waals surface area contributed by atoms with Gasteiger partial charge in [0.1, 0.15) is 5.75 Å². The molecule has 4 nitrogen and oxygen atoms in total. The van der Waals surface area contributed by atoms with Crippen LogP contribution >= 0.6 is 0 Å². The van der Waals surface area contributed by atoms with Gasteiger partial charge in [0.05, 0.1) is 25.5 Å². The molecule has 2 unspecified atom stereocenters. The summed E-state index contributed by atoms with van der Waals surface area (Å²) >= 11 is 0. The van der Waals surface area contributed by atoms with Crippen molar-refractivity contribution < 1.29 is 14.3 Å². The van der Waals surface area contributed by atoms with E-state index < -0.39 is 0 Å². The number of imide groups is 1. The minimum absolute atomic E-state index is 0.0276. The molecular weight excluding hydrogens is 254 g/mol. The van der Waals surface area contributed by atoms with Crippen LogP contribution in [0.15, 0.2) is 36.4 Å². The van der Waals surface area contributed by atoms with Crippen LogP contribution in [0.5, 0.6) is 5.75 Å². The molecule has 0 bridgehead atoms. The molecule has 3 rings (SSSR count). The third-order valence-electron chi connectivity index (χ3n) is 4.10. The number of rotatable bonds is 3. The van der Waals surface area contributed by atoms with E-state index in [1.54, 1.807) is 7.11 Å². The second-order valence-electron chi connectivity index (χ2n) is 5.27. The molecule has 2 aliphatic rings. The van der Waals surface area contributed by atoms with E-state index in [0.717, 1.165) is 11.3 Å². The maximum atomic E-state index is 12.3. The summed E-state index contributed by atoms with van der Waals surface area (Å²) in [5.41, 5.74) is 0.944. The van der Waals surface area contributed by atoms with Gasteiger partial charge in [0.15, 0.2) is 0 Å². The SMILES string of the molecule is COc1ccc(CN2C(=O)C3CC=CCC3C2=O)cc1. The molecule has 1 aliphatic heterocycles. The molecule has 20 heavy (non-hydrogen) atoms. The first kappa shape index (κ1) is 12.9. The lowest BCUT2D eigenvalue weighted by atomic mass is 9.85. The quantitative estimate of drug-likeness (QED) is 0.625. The van der Waals surface area contributed by atoms with Crippen molar-refractivity contribution in [1.29, 1.82) is 0 Å².